The standard InChI is InChI=1S/C14H20ClNO2/c1-2-11-10-18-8-7-16(11)9-14(17)12-5-3-4-6-13(12)15/h3-6,11,14,17H,2,7-10H2,1H3. The van der Waals surface area contributed by atoms with Crippen molar-refractivity contribution in [2.75, 3.05) is 26.3 Å². The van der Waals surface area contributed by atoms with Crippen LogP contribution >= 0.6 is 11.6 Å². The van der Waals surface area contributed by atoms with Gasteiger partial charge in [0.05, 0.1) is 19.3 Å². The Kier molecular flexibility index (Phi) is 5.01. The second kappa shape index (κ2) is 6.53. The number of rotatable bonds is 4. The Bertz CT molecular complexity index is 386. The summed E-state index contributed by atoms with van der Waals surface area (Å²) in [5.41, 5.74) is 0.806. The van der Waals surface area contributed by atoms with Gasteiger partial charge in [0.15, 0.2) is 0 Å². The Morgan fingerprint density at radius 2 is 2.28 bits per heavy atom. The molecule has 0 aromatic heterocycles. The minimum atomic E-state index is -0.536. The van der Waals surface area contributed by atoms with Crippen molar-refractivity contribution in [1.82, 2.24) is 4.90 Å². The van der Waals surface area contributed by atoms with Crippen molar-refractivity contribution in [3.8, 4) is 0 Å². The fourth-order valence-corrected chi connectivity index (χ4v) is 2.63. The Hall–Kier alpha value is -0.610. The Morgan fingerprint density at radius 1 is 1.50 bits per heavy atom. The predicted octanol–water partition coefficient (Wildman–Crippen LogP) is 2.48. The first-order valence-electron chi connectivity index (χ1n) is 6.46. The molecule has 4 heteroatoms. The first-order chi connectivity index (χ1) is 8.72. The van der Waals surface area contributed by atoms with E-state index < -0.39 is 6.10 Å². The first kappa shape index (κ1) is 13.8. The maximum atomic E-state index is 10.3. The van der Waals surface area contributed by atoms with Gasteiger partial charge in [0.2, 0.25) is 0 Å². The lowest BCUT2D eigenvalue weighted by atomic mass is 10.1. The zero-order valence-electron chi connectivity index (χ0n) is 10.7. The summed E-state index contributed by atoms with van der Waals surface area (Å²) in [5.74, 6) is 0. The Labute approximate surface area is 113 Å². The van der Waals surface area contributed by atoms with Gasteiger partial charge in [-0.25, -0.2) is 0 Å². The van der Waals surface area contributed by atoms with Crippen LogP contribution in [0.4, 0.5) is 0 Å². The molecule has 1 aliphatic rings. The fraction of sp³-hybridized carbons (Fsp3) is 0.571. The second-order valence-electron chi connectivity index (χ2n) is 4.67. The van der Waals surface area contributed by atoms with E-state index in [1.54, 1.807) is 0 Å². The Morgan fingerprint density at radius 3 is 3.00 bits per heavy atom. The molecular formula is C14H20ClNO2. The molecule has 18 heavy (non-hydrogen) atoms. The van der Waals surface area contributed by atoms with Crippen LogP contribution in [0.5, 0.6) is 0 Å². The lowest BCUT2D eigenvalue weighted by Crippen LogP contribution is -2.46. The number of hydrogen-bond donors (Lipinski definition) is 1. The summed E-state index contributed by atoms with van der Waals surface area (Å²) in [7, 11) is 0. The lowest BCUT2D eigenvalue weighted by molar-refractivity contribution is -0.0277. The van der Waals surface area contributed by atoms with Crippen LogP contribution in [0.2, 0.25) is 5.02 Å². The number of morpholine rings is 1. The fourth-order valence-electron chi connectivity index (χ4n) is 2.37. The van der Waals surface area contributed by atoms with E-state index in [0.717, 1.165) is 31.7 Å². The van der Waals surface area contributed by atoms with E-state index in [9.17, 15) is 5.11 Å². The van der Waals surface area contributed by atoms with Crippen LogP contribution < -0.4 is 0 Å². The molecular weight excluding hydrogens is 250 g/mol. The summed E-state index contributed by atoms with van der Waals surface area (Å²) >= 11 is 6.10. The molecule has 0 aliphatic carbocycles. The van der Waals surface area contributed by atoms with E-state index in [4.69, 9.17) is 16.3 Å². The molecule has 100 valence electrons. The third kappa shape index (κ3) is 3.23. The van der Waals surface area contributed by atoms with Gasteiger partial charge in [-0.1, -0.05) is 36.7 Å². The largest absolute Gasteiger partial charge is 0.387 e. The summed E-state index contributed by atoms with van der Waals surface area (Å²) in [6.07, 6.45) is 0.501. The number of ether oxygens (including phenoxy) is 1. The molecule has 1 aliphatic heterocycles. The average molecular weight is 270 g/mol. The number of nitrogens with zero attached hydrogens (tertiary/aromatic N) is 1. The van der Waals surface area contributed by atoms with Gasteiger partial charge in [0, 0.05) is 29.7 Å². The van der Waals surface area contributed by atoms with Crippen LogP contribution in [-0.4, -0.2) is 42.4 Å². The summed E-state index contributed by atoms with van der Waals surface area (Å²) in [6, 6.07) is 7.88. The summed E-state index contributed by atoms with van der Waals surface area (Å²) in [5, 5.41) is 10.9. The van der Waals surface area contributed by atoms with Crippen molar-refractivity contribution in [3.05, 3.63) is 34.9 Å². The molecule has 1 aromatic rings. The maximum absolute atomic E-state index is 10.3. The normalized spacial score (nSPS) is 22.9. The van der Waals surface area contributed by atoms with Gasteiger partial charge in [-0.3, -0.25) is 4.90 Å². The van der Waals surface area contributed by atoms with Crippen molar-refractivity contribution in [3.63, 3.8) is 0 Å². The minimum Gasteiger partial charge on any atom is -0.387 e. The predicted molar refractivity (Wildman–Crippen MR) is 72.9 cm³/mol. The third-order valence-corrected chi connectivity index (χ3v) is 3.84. The number of aliphatic hydroxyl groups is 1. The van der Waals surface area contributed by atoms with Gasteiger partial charge in [0.1, 0.15) is 0 Å². The van der Waals surface area contributed by atoms with Crippen molar-refractivity contribution in [2.24, 2.45) is 0 Å². The van der Waals surface area contributed by atoms with Crippen LogP contribution in [0.25, 0.3) is 0 Å². The number of hydrogen-bond acceptors (Lipinski definition) is 3. The monoisotopic (exact) mass is 269 g/mol. The molecule has 0 spiro atoms. The molecule has 1 fully saturated rings. The maximum Gasteiger partial charge on any atom is 0.0931 e. The van der Waals surface area contributed by atoms with Gasteiger partial charge < -0.3 is 9.84 Å². The molecule has 0 amide bonds. The second-order valence-corrected chi connectivity index (χ2v) is 5.08. The summed E-state index contributed by atoms with van der Waals surface area (Å²) < 4.78 is 5.46. The number of aliphatic hydroxyl groups excluding tert-OH is 1. The SMILES string of the molecule is CCC1COCCN1CC(O)c1ccccc1Cl. The quantitative estimate of drug-likeness (QED) is 0.912. The van der Waals surface area contributed by atoms with E-state index in [0.29, 0.717) is 17.6 Å². The van der Waals surface area contributed by atoms with E-state index in [1.807, 2.05) is 24.3 Å². The van der Waals surface area contributed by atoms with Crippen molar-refractivity contribution in [1.29, 1.82) is 0 Å². The molecule has 0 bridgehead atoms. The number of halogens is 1. The lowest BCUT2D eigenvalue weighted by Gasteiger charge is -2.36. The molecule has 2 rings (SSSR count). The summed E-state index contributed by atoms with van der Waals surface area (Å²) in [4.78, 5) is 2.29. The smallest absolute Gasteiger partial charge is 0.0931 e. The molecule has 0 radical (unpaired) electrons. The van der Waals surface area contributed by atoms with E-state index in [1.165, 1.54) is 0 Å². The molecule has 1 N–H and O–H groups in total. The average Bonchev–Trinajstić information content (AvgIpc) is 2.39. The van der Waals surface area contributed by atoms with E-state index >= 15 is 0 Å². The van der Waals surface area contributed by atoms with Gasteiger partial charge in [-0.2, -0.15) is 0 Å². The zero-order valence-corrected chi connectivity index (χ0v) is 11.4. The molecule has 3 nitrogen and oxygen atoms in total. The van der Waals surface area contributed by atoms with E-state index in [2.05, 4.69) is 11.8 Å². The number of benzene rings is 1. The van der Waals surface area contributed by atoms with Crippen molar-refractivity contribution >= 4 is 11.6 Å². The third-order valence-electron chi connectivity index (χ3n) is 3.49. The van der Waals surface area contributed by atoms with E-state index in [-0.39, 0.29) is 0 Å². The molecule has 1 heterocycles. The van der Waals surface area contributed by atoms with Gasteiger partial charge in [-0.15, -0.1) is 0 Å². The topological polar surface area (TPSA) is 32.7 Å². The molecule has 2 atom stereocenters. The zero-order chi connectivity index (χ0) is 13.0. The molecule has 0 saturated carbocycles. The highest BCUT2D eigenvalue weighted by atomic mass is 35.5. The highest BCUT2D eigenvalue weighted by Gasteiger charge is 2.24. The van der Waals surface area contributed by atoms with Crippen LogP contribution in [0.3, 0.4) is 0 Å². The first-order valence-corrected chi connectivity index (χ1v) is 6.84. The minimum absolute atomic E-state index is 0.399. The van der Waals surface area contributed by atoms with Crippen LogP contribution in [0.15, 0.2) is 24.3 Å². The summed E-state index contributed by atoms with van der Waals surface area (Å²) in [6.45, 7) is 5.14. The van der Waals surface area contributed by atoms with Crippen molar-refractivity contribution < 1.29 is 9.84 Å². The van der Waals surface area contributed by atoms with Crippen LogP contribution in [0.1, 0.15) is 25.0 Å². The highest BCUT2D eigenvalue weighted by Crippen LogP contribution is 2.24. The Balaban J connectivity index is 2.02. The number of β-amino-alcohol motifs (C(OH)–C–C–N with tert-alkyl or cyclic N) is 1. The van der Waals surface area contributed by atoms with Gasteiger partial charge in [0.25, 0.3) is 0 Å². The molecule has 2 unspecified atom stereocenters. The highest BCUT2D eigenvalue weighted by molar-refractivity contribution is 6.31. The molecule has 1 saturated heterocycles. The molecule has 1 aromatic carbocycles. The van der Waals surface area contributed by atoms with Crippen LogP contribution in [-0.2, 0) is 4.74 Å². The van der Waals surface area contributed by atoms with Crippen LogP contribution in [0, 0.1) is 0 Å². The van der Waals surface area contributed by atoms with Gasteiger partial charge in [-0.05, 0) is 12.5 Å². The van der Waals surface area contributed by atoms with Gasteiger partial charge >= 0.3 is 0 Å². The van der Waals surface area contributed by atoms with Crippen molar-refractivity contribution in [2.45, 2.75) is 25.5 Å².